The molecular formula is C22H24N4OS. The molecule has 0 bridgehead atoms. The van der Waals surface area contributed by atoms with Crippen molar-refractivity contribution in [3.05, 3.63) is 59.7 Å². The van der Waals surface area contributed by atoms with Gasteiger partial charge in [-0.1, -0.05) is 54.2 Å². The van der Waals surface area contributed by atoms with Crippen LogP contribution < -0.4 is 4.90 Å². The molecule has 1 aliphatic heterocycles. The van der Waals surface area contributed by atoms with Crippen LogP contribution in [0.2, 0.25) is 0 Å². The number of aryl methyl sites for hydroxylation is 1. The van der Waals surface area contributed by atoms with E-state index in [9.17, 15) is 4.79 Å². The number of aromatic nitrogens is 3. The Kier molecular flexibility index (Phi) is 4.98. The molecule has 1 amide bonds. The highest BCUT2D eigenvalue weighted by atomic mass is 32.2. The van der Waals surface area contributed by atoms with Crippen molar-refractivity contribution < 1.29 is 4.79 Å². The van der Waals surface area contributed by atoms with Crippen LogP contribution in [0.15, 0.2) is 53.7 Å². The number of carbonyl (C=O) groups excluding carboxylic acids is 1. The molecule has 3 aromatic rings. The third-order valence-corrected chi connectivity index (χ3v) is 6.42. The predicted molar refractivity (Wildman–Crippen MR) is 114 cm³/mol. The molecule has 0 N–H and O–H groups in total. The smallest absolute Gasteiger partial charge is 0.240 e. The molecular weight excluding hydrogens is 368 g/mol. The molecule has 2 aromatic carbocycles. The van der Waals surface area contributed by atoms with Crippen molar-refractivity contribution >= 4 is 23.4 Å². The van der Waals surface area contributed by atoms with Crippen LogP contribution in [0.25, 0.3) is 11.4 Å². The summed E-state index contributed by atoms with van der Waals surface area (Å²) in [7, 11) is 1.95. The Morgan fingerprint density at radius 1 is 1.14 bits per heavy atom. The van der Waals surface area contributed by atoms with Crippen molar-refractivity contribution in [3.8, 4) is 11.4 Å². The van der Waals surface area contributed by atoms with E-state index in [1.807, 2.05) is 59.8 Å². The summed E-state index contributed by atoms with van der Waals surface area (Å²) in [5, 5.41) is 9.23. The van der Waals surface area contributed by atoms with Crippen molar-refractivity contribution in [3.63, 3.8) is 0 Å². The maximum Gasteiger partial charge on any atom is 0.240 e. The standard InChI is InChI=1S/C22H24N4OS/c1-14-9-5-7-11-18(14)20-23-24-22(25(20)4)28-16(3)21(27)26-15(2)13-17-10-6-8-12-19(17)26/h5-12,15-16H,13H2,1-4H3/t15-,16-/m1/s1. The van der Waals surface area contributed by atoms with Crippen molar-refractivity contribution in [2.45, 2.75) is 43.6 Å². The topological polar surface area (TPSA) is 51.0 Å². The highest BCUT2D eigenvalue weighted by Gasteiger charge is 2.34. The second-order valence-corrected chi connectivity index (χ2v) is 8.64. The van der Waals surface area contributed by atoms with Gasteiger partial charge in [0.15, 0.2) is 11.0 Å². The van der Waals surface area contributed by atoms with Crippen LogP contribution in [0.5, 0.6) is 0 Å². The van der Waals surface area contributed by atoms with Crippen LogP contribution in [0, 0.1) is 6.92 Å². The first-order valence-corrected chi connectivity index (χ1v) is 10.4. The SMILES string of the molecule is Cc1ccccc1-c1nnc(S[C@H](C)C(=O)N2c3ccccc3C[C@H]2C)n1C. The van der Waals surface area contributed by atoms with E-state index in [4.69, 9.17) is 0 Å². The van der Waals surface area contributed by atoms with Crippen molar-refractivity contribution in [2.24, 2.45) is 7.05 Å². The minimum Gasteiger partial charge on any atom is -0.308 e. The first kappa shape index (κ1) is 18.7. The number of benzene rings is 2. The number of hydrogen-bond acceptors (Lipinski definition) is 4. The Morgan fingerprint density at radius 2 is 1.86 bits per heavy atom. The molecule has 2 heterocycles. The monoisotopic (exact) mass is 392 g/mol. The summed E-state index contributed by atoms with van der Waals surface area (Å²) in [6, 6.07) is 16.5. The molecule has 0 unspecified atom stereocenters. The molecule has 0 aliphatic carbocycles. The molecule has 0 spiro atoms. The number of carbonyl (C=O) groups is 1. The molecule has 1 aromatic heterocycles. The van der Waals surface area contributed by atoms with Gasteiger partial charge in [0.05, 0.1) is 5.25 Å². The van der Waals surface area contributed by atoms with Gasteiger partial charge in [0.1, 0.15) is 0 Å². The van der Waals surface area contributed by atoms with Crippen molar-refractivity contribution in [1.29, 1.82) is 0 Å². The summed E-state index contributed by atoms with van der Waals surface area (Å²) in [4.78, 5) is 15.1. The lowest BCUT2D eigenvalue weighted by Gasteiger charge is -2.25. The number of fused-ring (bicyclic) bond motifs is 1. The van der Waals surface area contributed by atoms with Crippen LogP contribution in [0.4, 0.5) is 5.69 Å². The quantitative estimate of drug-likeness (QED) is 0.623. The zero-order valence-electron chi connectivity index (χ0n) is 16.6. The first-order chi connectivity index (χ1) is 13.5. The molecule has 144 valence electrons. The highest BCUT2D eigenvalue weighted by molar-refractivity contribution is 8.00. The molecule has 0 fully saturated rings. The maximum atomic E-state index is 13.2. The van der Waals surface area contributed by atoms with Crippen LogP contribution in [-0.2, 0) is 18.3 Å². The number of hydrogen-bond donors (Lipinski definition) is 0. The average molecular weight is 393 g/mol. The van der Waals surface area contributed by atoms with Crippen molar-refractivity contribution in [1.82, 2.24) is 14.8 Å². The Labute approximate surface area is 169 Å². The van der Waals surface area contributed by atoms with E-state index >= 15 is 0 Å². The molecule has 1 aliphatic rings. The van der Waals surface area contributed by atoms with Crippen LogP contribution in [0.3, 0.4) is 0 Å². The molecule has 0 radical (unpaired) electrons. The van der Waals surface area contributed by atoms with E-state index in [2.05, 4.69) is 36.2 Å². The number of thioether (sulfide) groups is 1. The third kappa shape index (κ3) is 3.22. The Bertz CT molecular complexity index is 1030. The number of nitrogens with zero attached hydrogens (tertiary/aromatic N) is 4. The fraction of sp³-hybridized carbons (Fsp3) is 0.318. The van der Waals surface area contributed by atoms with Crippen LogP contribution >= 0.6 is 11.8 Å². The van der Waals surface area contributed by atoms with Gasteiger partial charge in [-0.3, -0.25) is 4.79 Å². The van der Waals surface area contributed by atoms with E-state index in [0.717, 1.165) is 34.2 Å². The van der Waals surface area contributed by atoms with Gasteiger partial charge in [-0.25, -0.2) is 0 Å². The van der Waals surface area contributed by atoms with Gasteiger partial charge in [0.25, 0.3) is 0 Å². The van der Waals surface area contributed by atoms with E-state index in [-0.39, 0.29) is 17.2 Å². The van der Waals surface area contributed by atoms with E-state index in [1.54, 1.807) is 0 Å². The minimum atomic E-state index is -0.249. The van der Waals surface area contributed by atoms with Crippen molar-refractivity contribution in [2.75, 3.05) is 4.90 Å². The van der Waals surface area contributed by atoms with Gasteiger partial charge in [0.2, 0.25) is 5.91 Å². The van der Waals surface area contributed by atoms with E-state index in [0.29, 0.717) is 0 Å². The summed E-state index contributed by atoms with van der Waals surface area (Å²) in [6.45, 7) is 6.12. The lowest BCUT2D eigenvalue weighted by atomic mass is 10.1. The molecule has 6 heteroatoms. The number of rotatable bonds is 4. The summed E-state index contributed by atoms with van der Waals surface area (Å²) in [6.07, 6.45) is 0.903. The van der Waals surface area contributed by atoms with Gasteiger partial charge in [-0.15, -0.1) is 10.2 Å². The van der Waals surface area contributed by atoms with Gasteiger partial charge in [-0.2, -0.15) is 0 Å². The normalized spacial score (nSPS) is 16.9. The van der Waals surface area contributed by atoms with E-state index in [1.165, 1.54) is 17.3 Å². The zero-order valence-corrected chi connectivity index (χ0v) is 17.4. The third-order valence-electron chi connectivity index (χ3n) is 5.30. The number of amides is 1. The zero-order chi connectivity index (χ0) is 19.8. The maximum absolute atomic E-state index is 13.2. The molecule has 28 heavy (non-hydrogen) atoms. The predicted octanol–water partition coefficient (Wildman–Crippen LogP) is 4.25. The average Bonchev–Trinajstić information content (AvgIpc) is 3.21. The first-order valence-electron chi connectivity index (χ1n) is 9.50. The fourth-order valence-corrected chi connectivity index (χ4v) is 4.64. The summed E-state index contributed by atoms with van der Waals surface area (Å²) >= 11 is 1.46. The molecule has 2 atom stereocenters. The van der Waals surface area contributed by atoms with E-state index < -0.39 is 0 Å². The van der Waals surface area contributed by atoms with Gasteiger partial charge < -0.3 is 9.47 Å². The van der Waals surface area contributed by atoms with Crippen LogP contribution in [-0.4, -0.2) is 32.0 Å². The summed E-state index contributed by atoms with van der Waals surface area (Å²) in [5.41, 5.74) is 4.48. The lowest BCUT2D eigenvalue weighted by Crippen LogP contribution is -2.40. The van der Waals surface area contributed by atoms with Gasteiger partial charge in [-0.05, 0) is 44.4 Å². The largest absolute Gasteiger partial charge is 0.308 e. The van der Waals surface area contributed by atoms with Crippen LogP contribution in [0.1, 0.15) is 25.0 Å². The Balaban J connectivity index is 1.56. The summed E-state index contributed by atoms with van der Waals surface area (Å²) in [5.74, 6) is 0.933. The van der Waals surface area contributed by atoms with Gasteiger partial charge in [0, 0.05) is 24.3 Å². The molecule has 0 saturated carbocycles. The number of anilines is 1. The second-order valence-electron chi connectivity index (χ2n) is 7.33. The Morgan fingerprint density at radius 3 is 2.64 bits per heavy atom. The minimum absolute atomic E-state index is 0.114. The molecule has 5 nitrogen and oxygen atoms in total. The van der Waals surface area contributed by atoms with Gasteiger partial charge >= 0.3 is 0 Å². The second kappa shape index (κ2) is 7.43. The number of para-hydroxylation sites is 1. The molecule has 0 saturated heterocycles. The highest BCUT2D eigenvalue weighted by Crippen LogP contribution is 2.35. The summed E-state index contributed by atoms with van der Waals surface area (Å²) < 4.78 is 1.97. The lowest BCUT2D eigenvalue weighted by molar-refractivity contribution is -0.118. The molecule has 4 rings (SSSR count). The fourth-order valence-electron chi connectivity index (χ4n) is 3.78. The Hall–Kier alpha value is -2.60.